The van der Waals surface area contributed by atoms with E-state index in [9.17, 15) is 18.0 Å². The zero-order valence-corrected chi connectivity index (χ0v) is 9.44. The second kappa shape index (κ2) is 4.86. The number of rotatable bonds is 4. The highest BCUT2D eigenvalue weighted by Gasteiger charge is 2.50. The van der Waals surface area contributed by atoms with Crippen LogP contribution in [0.1, 0.15) is 33.6 Å². The Morgan fingerprint density at radius 3 is 2.13 bits per heavy atom. The number of methoxy groups -OCH3 is 1. The molecule has 0 heterocycles. The van der Waals surface area contributed by atoms with Crippen molar-refractivity contribution >= 4 is 5.97 Å². The van der Waals surface area contributed by atoms with Crippen LogP contribution in [0.15, 0.2) is 0 Å². The molecule has 5 heteroatoms. The Kier molecular flexibility index (Phi) is 4.62. The molecule has 0 spiro atoms. The molecule has 0 aliphatic heterocycles. The molecule has 15 heavy (non-hydrogen) atoms. The third-order valence-corrected chi connectivity index (χ3v) is 2.82. The summed E-state index contributed by atoms with van der Waals surface area (Å²) < 4.78 is 42.4. The van der Waals surface area contributed by atoms with Crippen LogP contribution in [0.25, 0.3) is 0 Å². The number of esters is 1. The van der Waals surface area contributed by atoms with E-state index in [1.165, 1.54) is 21.0 Å². The minimum atomic E-state index is -4.29. The lowest BCUT2D eigenvalue weighted by Crippen LogP contribution is -2.37. The van der Waals surface area contributed by atoms with E-state index < -0.39 is 23.5 Å². The van der Waals surface area contributed by atoms with Gasteiger partial charge in [0.2, 0.25) is 0 Å². The number of carbonyl (C=O) groups excluding carboxylic acids is 1. The number of carbonyl (C=O) groups is 1. The summed E-state index contributed by atoms with van der Waals surface area (Å²) in [5.41, 5.74) is -1.82. The van der Waals surface area contributed by atoms with Crippen molar-refractivity contribution in [3.63, 3.8) is 0 Å². The average molecular weight is 226 g/mol. The summed E-state index contributed by atoms with van der Waals surface area (Å²) in [7, 11) is 1.18. The summed E-state index contributed by atoms with van der Waals surface area (Å²) in [6.07, 6.45) is -4.57. The van der Waals surface area contributed by atoms with Crippen LogP contribution in [0.2, 0.25) is 0 Å². The Morgan fingerprint density at radius 1 is 1.40 bits per heavy atom. The second-order valence-corrected chi connectivity index (χ2v) is 4.04. The summed E-state index contributed by atoms with van der Waals surface area (Å²) in [4.78, 5) is 11.0. The molecule has 0 saturated heterocycles. The van der Waals surface area contributed by atoms with Crippen LogP contribution < -0.4 is 0 Å². The molecule has 0 aliphatic carbocycles. The van der Waals surface area contributed by atoms with E-state index >= 15 is 0 Å². The first-order chi connectivity index (χ1) is 6.68. The molecule has 0 N–H and O–H groups in total. The number of halogens is 3. The SMILES string of the molecule is CCC(C)(CC(C)C(=O)OC)C(F)(F)F. The van der Waals surface area contributed by atoms with Crippen LogP contribution in [0.3, 0.4) is 0 Å². The van der Waals surface area contributed by atoms with Crippen LogP contribution in [0.4, 0.5) is 13.2 Å². The van der Waals surface area contributed by atoms with Crippen molar-refractivity contribution in [2.45, 2.75) is 39.8 Å². The average Bonchev–Trinajstić information content (AvgIpc) is 2.14. The van der Waals surface area contributed by atoms with E-state index in [0.717, 1.165) is 6.92 Å². The maximum Gasteiger partial charge on any atom is 0.394 e. The van der Waals surface area contributed by atoms with Gasteiger partial charge in [-0.1, -0.05) is 20.8 Å². The van der Waals surface area contributed by atoms with Gasteiger partial charge >= 0.3 is 12.1 Å². The van der Waals surface area contributed by atoms with Gasteiger partial charge in [-0.05, 0) is 12.8 Å². The lowest BCUT2D eigenvalue weighted by molar-refractivity contribution is -0.225. The smallest absolute Gasteiger partial charge is 0.394 e. The van der Waals surface area contributed by atoms with Crippen LogP contribution in [-0.2, 0) is 9.53 Å². The van der Waals surface area contributed by atoms with Gasteiger partial charge in [0, 0.05) is 0 Å². The van der Waals surface area contributed by atoms with E-state index in [1.54, 1.807) is 0 Å². The highest BCUT2D eigenvalue weighted by atomic mass is 19.4. The highest BCUT2D eigenvalue weighted by molar-refractivity contribution is 5.71. The standard InChI is InChI=1S/C10H17F3O2/c1-5-9(3,10(11,12)13)6-7(2)8(14)15-4/h7H,5-6H2,1-4H3. The first-order valence-corrected chi connectivity index (χ1v) is 4.82. The van der Waals surface area contributed by atoms with Crippen molar-refractivity contribution in [3.05, 3.63) is 0 Å². The van der Waals surface area contributed by atoms with Gasteiger partial charge in [-0.25, -0.2) is 0 Å². The van der Waals surface area contributed by atoms with Gasteiger partial charge < -0.3 is 4.74 Å². The van der Waals surface area contributed by atoms with E-state index in [2.05, 4.69) is 4.74 Å². The Hall–Kier alpha value is -0.740. The molecular formula is C10H17F3O2. The Morgan fingerprint density at radius 2 is 1.87 bits per heavy atom. The molecule has 2 atom stereocenters. The van der Waals surface area contributed by atoms with Crippen molar-refractivity contribution in [1.29, 1.82) is 0 Å². The monoisotopic (exact) mass is 226 g/mol. The molecule has 0 aromatic carbocycles. The summed E-state index contributed by atoms with van der Waals surface area (Å²) in [5.74, 6) is -1.33. The predicted octanol–water partition coefficient (Wildman–Crippen LogP) is 3.16. The van der Waals surface area contributed by atoms with Gasteiger partial charge in [-0.2, -0.15) is 13.2 Å². The molecule has 0 amide bonds. The molecule has 0 fully saturated rings. The lowest BCUT2D eigenvalue weighted by atomic mass is 9.78. The van der Waals surface area contributed by atoms with E-state index in [1.807, 2.05) is 0 Å². The normalized spacial score (nSPS) is 18.1. The third kappa shape index (κ3) is 3.39. The molecule has 2 unspecified atom stereocenters. The first-order valence-electron chi connectivity index (χ1n) is 4.82. The number of hydrogen-bond donors (Lipinski definition) is 0. The Bertz CT molecular complexity index is 225. The van der Waals surface area contributed by atoms with Gasteiger partial charge in [0.05, 0.1) is 18.4 Å². The maximum atomic E-state index is 12.7. The molecule has 0 rings (SSSR count). The molecular weight excluding hydrogens is 209 g/mol. The number of hydrogen-bond acceptors (Lipinski definition) is 2. The quantitative estimate of drug-likeness (QED) is 0.688. The van der Waals surface area contributed by atoms with E-state index in [4.69, 9.17) is 0 Å². The van der Waals surface area contributed by atoms with Gasteiger partial charge in [-0.15, -0.1) is 0 Å². The van der Waals surface area contributed by atoms with Crippen molar-refractivity contribution in [3.8, 4) is 0 Å². The Balaban J connectivity index is 4.66. The largest absolute Gasteiger partial charge is 0.469 e. The molecule has 0 saturated carbocycles. The minimum Gasteiger partial charge on any atom is -0.469 e. The molecule has 0 aromatic rings. The van der Waals surface area contributed by atoms with Crippen LogP contribution >= 0.6 is 0 Å². The van der Waals surface area contributed by atoms with Crippen molar-refractivity contribution in [2.24, 2.45) is 11.3 Å². The van der Waals surface area contributed by atoms with Gasteiger partial charge in [-0.3, -0.25) is 4.79 Å². The molecule has 0 aliphatic rings. The zero-order chi connectivity index (χ0) is 12.3. The predicted molar refractivity (Wildman–Crippen MR) is 50.3 cm³/mol. The van der Waals surface area contributed by atoms with Gasteiger partial charge in [0.1, 0.15) is 0 Å². The second-order valence-electron chi connectivity index (χ2n) is 4.04. The lowest BCUT2D eigenvalue weighted by Gasteiger charge is -2.32. The van der Waals surface area contributed by atoms with Gasteiger partial charge in [0.25, 0.3) is 0 Å². The van der Waals surface area contributed by atoms with E-state index in [0.29, 0.717) is 0 Å². The number of ether oxygens (including phenoxy) is 1. The first kappa shape index (κ1) is 14.3. The van der Waals surface area contributed by atoms with Crippen molar-refractivity contribution in [1.82, 2.24) is 0 Å². The highest BCUT2D eigenvalue weighted by Crippen LogP contribution is 2.45. The third-order valence-electron chi connectivity index (χ3n) is 2.82. The fourth-order valence-corrected chi connectivity index (χ4v) is 1.42. The van der Waals surface area contributed by atoms with Gasteiger partial charge in [0.15, 0.2) is 0 Å². The zero-order valence-electron chi connectivity index (χ0n) is 9.44. The summed E-state index contributed by atoms with van der Waals surface area (Å²) in [6, 6.07) is 0. The minimum absolute atomic E-state index is 0.0438. The molecule has 0 aromatic heterocycles. The Labute approximate surface area is 87.8 Å². The molecule has 90 valence electrons. The summed E-state index contributed by atoms with van der Waals surface area (Å²) in [6.45, 7) is 4.05. The van der Waals surface area contributed by atoms with E-state index in [-0.39, 0.29) is 12.8 Å². The summed E-state index contributed by atoms with van der Waals surface area (Å²) in [5, 5.41) is 0. The summed E-state index contributed by atoms with van der Waals surface area (Å²) >= 11 is 0. The van der Waals surface area contributed by atoms with Crippen molar-refractivity contribution in [2.75, 3.05) is 7.11 Å². The topological polar surface area (TPSA) is 26.3 Å². The fourth-order valence-electron chi connectivity index (χ4n) is 1.42. The van der Waals surface area contributed by atoms with Crippen LogP contribution in [-0.4, -0.2) is 19.3 Å². The van der Waals surface area contributed by atoms with Crippen LogP contribution in [0.5, 0.6) is 0 Å². The molecule has 2 nitrogen and oxygen atoms in total. The van der Waals surface area contributed by atoms with Crippen molar-refractivity contribution < 1.29 is 22.7 Å². The molecule has 0 radical (unpaired) electrons. The number of alkyl halides is 3. The van der Waals surface area contributed by atoms with Crippen LogP contribution in [0, 0.1) is 11.3 Å². The molecule has 0 bridgehead atoms. The fraction of sp³-hybridized carbons (Fsp3) is 0.900. The maximum absolute atomic E-state index is 12.7.